The van der Waals surface area contributed by atoms with Gasteiger partial charge in [0.1, 0.15) is 0 Å². The molecule has 0 unspecified atom stereocenters. The van der Waals surface area contributed by atoms with Crippen molar-refractivity contribution in [2.75, 3.05) is 11.5 Å². The Labute approximate surface area is 138 Å². The molecule has 0 atom stereocenters. The van der Waals surface area contributed by atoms with E-state index in [1.807, 2.05) is 18.2 Å². The number of benzene rings is 3. The molecular formula is C19H15N3O2. The lowest BCUT2D eigenvalue weighted by molar-refractivity contribution is 0.0598. The van der Waals surface area contributed by atoms with E-state index in [1.54, 1.807) is 36.4 Å². The van der Waals surface area contributed by atoms with Gasteiger partial charge in [-0.15, -0.1) is 0 Å². The van der Waals surface area contributed by atoms with Crippen molar-refractivity contribution in [3.63, 3.8) is 0 Å². The highest BCUT2D eigenvalue weighted by Crippen LogP contribution is 2.32. The van der Waals surface area contributed by atoms with E-state index < -0.39 is 0 Å². The maximum absolute atomic E-state index is 12.9. The van der Waals surface area contributed by atoms with E-state index in [0.717, 1.165) is 10.9 Å². The SMILES string of the molecule is Nc1ccc(CN2C(=O)c3cccc4cc(N)cc(c34)C2=O)cc1. The van der Waals surface area contributed by atoms with Crippen LogP contribution < -0.4 is 11.5 Å². The highest BCUT2D eigenvalue weighted by Gasteiger charge is 2.32. The number of nitrogens with two attached hydrogens (primary N) is 2. The highest BCUT2D eigenvalue weighted by atomic mass is 16.2. The number of anilines is 2. The van der Waals surface area contributed by atoms with Crippen LogP contribution in [0.4, 0.5) is 11.4 Å². The zero-order valence-corrected chi connectivity index (χ0v) is 12.8. The molecule has 2 amide bonds. The van der Waals surface area contributed by atoms with Crippen LogP contribution in [0.1, 0.15) is 26.3 Å². The van der Waals surface area contributed by atoms with Crippen molar-refractivity contribution in [1.29, 1.82) is 0 Å². The largest absolute Gasteiger partial charge is 0.399 e. The molecule has 118 valence electrons. The van der Waals surface area contributed by atoms with Gasteiger partial charge in [-0.05, 0) is 41.3 Å². The summed E-state index contributed by atoms with van der Waals surface area (Å²) in [5, 5.41) is 1.48. The maximum Gasteiger partial charge on any atom is 0.261 e. The molecule has 0 bridgehead atoms. The van der Waals surface area contributed by atoms with Gasteiger partial charge in [-0.1, -0.05) is 24.3 Å². The molecule has 0 fully saturated rings. The minimum Gasteiger partial charge on any atom is -0.399 e. The van der Waals surface area contributed by atoms with Crippen molar-refractivity contribution in [1.82, 2.24) is 4.90 Å². The molecule has 0 aromatic heterocycles. The third-order valence-corrected chi connectivity index (χ3v) is 4.27. The number of carbonyl (C=O) groups is 2. The van der Waals surface area contributed by atoms with Gasteiger partial charge in [-0.2, -0.15) is 0 Å². The van der Waals surface area contributed by atoms with Crippen molar-refractivity contribution in [2.24, 2.45) is 0 Å². The maximum atomic E-state index is 12.9. The first-order chi connectivity index (χ1) is 11.5. The fourth-order valence-electron chi connectivity index (χ4n) is 3.13. The Bertz CT molecular complexity index is 993. The first kappa shape index (κ1) is 14.3. The van der Waals surface area contributed by atoms with Crippen LogP contribution in [0.5, 0.6) is 0 Å². The molecule has 0 aliphatic carbocycles. The van der Waals surface area contributed by atoms with Crippen molar-refractivity contribution in [3.8, 4) is 0 Å². The van der Waals surface area contributed by atoms with Crippen LogP contribution in [-0.4, -0.2) is 16.7 Å². The van der Waals surface area contributed by atoms with Gasteiger partial charge < -0.3 is 11.5 Å². The van der Waals surface area contributed by atoms with Gasteiger partial charge in [-0.25, -0.2) is 0 Å². The number of amides is 2. The molecular weight excluding hydrogens is 302 g/mol. The molecule has 5 nitrogen and oxygen atoms in total. The smallest absolute Gasteiger partial charge is 0.261 e. The summed E-state index contributed by atoms with van der Waals surface area (Å²) in [6.45, 7) is 0.197. The fraction of sp³-hybridized carbons (Fsp3) is 0.0526. The van der Waals surface area contributed by atoms with Gasteiger partial charge in [-0.3, -0.25) is 14.5 Å². The minimum atomic E-state index is -0.326. The number of carbonyl (C=O) groups excluding carboxylic acids is 2. The second-order valence-corrected chi connectivity index (χ2v) is 5.91. The predicted molar refractivity (Wildman–Crippen MR) is 93.4 cm³/mol. The van der Waals surface area contributed by atoms with Gasteiger partial charge in [0.25, 0.3) is 11.8 Å². The standard InChI is InChI=1S/C19H15N3O2/c20-13-6-4-11(5-7-13)10-22-18(23)15-3-1-2-12-8-14(21)9-16(17(12)15)19(22)24/h1-9H,10,20-21H2. The third-order valence-electron chi connectivity index (χ3n) is 4.27. The molecule has 1 aliphatic heterocycles. The van der Waals surface area contributed by atoms with Crippen LogP contribution in [0.25, 0.3) is 10.8 Å². The molecule has 0 saturated carbocycles. The second-order valence-electron chi connectivity index (χ2n) is 5.91. The van der Waals surface area contributed by atoms with Crippen molar-refractivity contribution in [3.05, 3.63) is 71.3 Å². The summed E-state index contributed by atoms with van der Waals surface area (Å²) in [7, 11) is 0. The Hall–Kier alpha value is -3.34. The lowest BCUT2D eigenvalue weighted by Gasteiger charge is -2.27. The molecule has 3 aromatic rings. The van der Waals surface area contributed by atoms with Gasteiger partial charge in [0.05, 0.1) is 12.1 Å². The zero-order valence-electron chi connectivity index (χ0n) is 12.8. The third kappa shape index (κ3) is 2.10. The van der Waals surface area contributed by atoms with Gasteiger partial charge in [0, 0.05) is 22.3 Å². The zero-order chi connectivity index (χ0) is 16.8. The van der Waals surface area contributed by atoms with E-state index in [4.69, 9.17) is 11.5 Å². The molecule has 5 heteroatoms. The Kier molecular flexibility index (Phi) is 3.03. The first-order valence-corrected chi connectivity index (χ1v) is 7.57. The summed E-state index contributed by atoms with van der Waals surface area (Å²) in [5.74, 6) is -0.618. The van der Waals surface area contributed by atoms with E-state index in [1.165, 1.54) is 4.90 Å². The van der Waals surface area contributed by atoms with Gasteiger partial charge in [0.2, 0.25) is 0 Å². The Morgan fingerprint density at radius 3 is 2.25 bits per heavy atom. The summed E-state index contributed by atoms with van der Waals surface area (Å²) in [5.41, 5.74) is 14.6. The first-order valence-electron chi connectivity index (χ1n) is 7.57. The number of hydrogen-bond acceptors (Lipinski definition) is 4. The van der Waals surface area contributed by atoms with Crippen LogP contribution in [-0.2, 0) is 6.54 Å². The van der Waals surface area contributed by atoms with E-state index in [0.29, 0.717) is 27.9 Å². The van der Waals surface area contributed by atoms with E-state index in [9.17, 15) is 9.59 Å². The van der Waals surface area contributed by atoms with Crippen LogP contribution in [0.2, 0.25) is 0 Å². The number of rotatable bonds is 2. The van der Waals surface area contributed by atoms with Crippen molar-refractivity contribution in [2.45, 2.75) is 6.54 Å². The van der Waals surface area contributed by atoms with Crippen LogP contribution >= 0.6 is 0 Å². The summed E-state index contributed by atoms with van der Waals surface area (Å²) < 4.78 is 0. The fourth-order valence-corrected chi connectivity index (χ4v) is 3.13. The molecule has 4 rings (SSSR count). The Balaban J connectivity index is 1.83. The molecule has 1 aliphatic rings. The van der Waals surface area contributed by atoms with Crippen LogP contribution in [0, 0.1) is 0 Å². The second kappa shape index (κ2) is 5.09. The quantitative estimate of drug-likeness (QED) is 0.562. The van der Waals surface area contributed by atoms with Gasteiger partial charge in [0.15, 0.2) is 0 Å². The van der Waals surface area contributed by atoms with Gasteiger partial charge >= 0.3 is 0 Å². The summed E-state index contributed by atoms with van der Waals surface area (Å²) in [6.07, 6.45) is 0. The summed E-state index contributed by atoms with van der Waals surface area (Å²) in [6, 6.07) is 15.9. The topological polar surface area (TPSA) is 89.4 Å². The normalized spacial score (nSPS) is 13.6. The summed E-state index contributed by atoms with van der Waals surface area (Å²) in [4.78, 5) is 26.9. The number of hydrogen-bond donors (Lipinski definition) is 2. The Morgan fingerprint density at radius 2 is 1.50 bits per heavy atom. The van der Waals surface area contributed by atoms with Crippen LogP contribution in [0.15, 0.2) is 54.6 Å². The molecule has 3 aromatic carbocycles. The number of nitrogens with zero attached hydrogens (tertiary/aromatic N) is 1. The molecule has 0 radical (unpaired) electrons. The minimum absolute atomic E-state index is 0.197. The van der Waals surface area contributed by atoms with E-state index >= 15 is 0 Å². The van der Waals surface area contributed by atoms with Crippen molar-refractivity contribution < 1.29 is 9.59 Å². The van der Waals surface area contributed by atoms with E-state index in [2.05, 4.69) is 0 Å². The summed E-state index contributed by atoms with van der Waals surface area (Å²) >= 11 is 0. The molecule has 24 heavy (non-hydrogen) atoms. The average molecular weight is 317 g/mol. The average Bonchev–Trinajstić information content (AvgIpc) is 2.57. The molecule has 1 heterocycles. The predicted octanol–water partition coefficient (Wildman–Crippen LogP) is 2.80. The highest BCUT2D eigenvalue weighted by molar-refractivity contribution is 6.25. The molecule has 0 spiro atoms. The van der Waals surface area contributed by atoms with E-state index in [-0.39, 0.29) is 18.4 Å². The lowest BCUT2D eigenvalue weighted by Crippen LogP contribution is -2.39. The molecule has 4 N–H and O–H groups in total. The van der Waals surface area contributed by atoms with Crippen molar-refractivity contribution >= 4 is 34.0 Å². The molecule has 0 saturated heterocycles. The monoisotopic (exact) mass is 317 g/mol. The number of nitrogen functional groups attached to an aromatic ring is 2. The number of imide groups is 1. The Morgan fingerprint density at radius 1 is 0.792 bits per heavy atom. The lowest BCUT2D eigenvalue weighted by atomic mass is 9.93. The van der Waals surface area contributed by atoms with Crippen LogP contribution in [0.3, 0.4) is 0 Å².